The van der Waals surface area contributed by atoms with Gasteiger partial charge in [-0.15, -0.1) is 10.2 Å². The SMILES string of the molecule is COS(=O)(=O)CCN(C)c1nc(Cl)nc(Cc2ccc(N=Nc3ccc(S(=O)(=O)CCCOS(=O)(=O)O)cc3S(=O)(=O)OC)c(NC(N)=O)c2)n1. The van der Waals surface area contributed by atoms with E-state index in [1.54, 1.807) is 6.07 Å². The molecule has 0 saturated heterocycles. The van der Waals surface area contributed by atoms with Crippen molar-refractivity contribution in [2.75, 3.05) is 56.1 Å². The molecule has 0 radical (unpaired) electrons. The molecule has 0 aliphatic heterocycles. The van der Waals surface area contributed by atoms with Crippen LogP contribution < -0.4 is 16.0 Å². The fourth-order valence-electron chi connectivity index (χ4n) is 3.96. The molecule has 26 heteroatoms. The summed E-state index contributed by atoms with van der Waals surface area (Å²) in [4.78, 5) is 24.5. The second kappa shape index (κ2) is 17.0. The first kappa shape index (κ1) is 41.5. The van der Waals surface area contributed by atoms with Crippen molar-refractivity contribution in [1.29, 1.82) is 0 Å². The lowest BCUT2D eigenvalue weighted by atomic mass is 10.1. The Morgan fingerprint density at radius 3 is 2.24 bits per heavy atom. The Bertz CT molecular complexity index is 2240. The fourth-order valence-corrected chi connectivity index (χ4v) is 7.32. The zero-order valence-corrected chi connectivity index (χ0v) is 30.8. The number of hydrogen-bond acceptors (Lipinski definition) is 18. The van der Waals surface area contributed by atoms with Crippen molar-refractivity contribution in [3.63, 3.8) is 0 Å². The van der Waals surface area contributed by atoms with Crippen LogP contribution in [0.5, 0.6) is 0 Å². The van der Waals surface area contributed by atoms with Crippen LogP contribution in [0.2, 0.25) is 5.28 Å². The predicted molar refractivity (Wildman–Crippen MR) is 180 cm³/mol. The molecule has 3 rings (SSSR count). The number of nitrogens with two attached hydrogens (primary N) is 1. The minimum Gasteiger partial charge on any atom is -0.351 e. The largest absolute Gasteiger partial charge is 0.397 e. The van der Waals surface area contributed by atoms with E-state index in [1.807, 2.05) is 0 Å². The summed E-state index contributed by atoms with van der Waals surface area (Å²) in [5, 5.41) is 10.2. The molecular weight excluding hydrogens is 784 g/mol. The number of carbonyl (C=O) groups excluding carboxylic acids is 1. The van der Waals surface area contributed by atoms with Gasteiger partial charge in [-0.25, -0.2) is 22.4 Å². The first-order chi connectivity index (χ1) is 23.6. The minimum atomic E-state index is -4.79. The standard InChI is InChI=1S/C25H31ClN8O13S4/c1-34(9-12-49(38,39)45-2)25-30-22(29-23(26)31-25)14-16-5-7-18(20(13-16)28-24(27)35)32-33-19-8-6-17(15-21(19)50(40,41)46-3)48(36,37)11-4-10-47-51(42,43)44/h5-8,13,15H,4,9-12,14H2,1-3H3,(H3,27,28,35)(H,42,43,44). The summed E-state index contributed by atoms with van der Waals surface area (Å²) < 4.78 is 118. The lowest BCUT2D eigenvalue weighted by molar-refractivity contribution is 0.259. The molecule has 21 nitrogen and oxygen atoms in total. The van der Waals surface area contributed by atoms with E-state index in [0.29, 0.717) is 5.56 Å². The van der Waals surface area contributed by atoms with Gasteiger partial charge in [0.2, 0.25) is 11.2 Å². The number of aromatic nitrogens is 3. The number of primary amides is 1. The molecule has 280 valence electrons. The number of hydrogen-bond donors (Lipinski definition) is 3. The number of nitrogens with one attached hydrogen (secondary N) is 1. The Morgan fingerprint density at radius 2 is 1.61 bits per heavy atom. The maximum Gasteiger partial charge on any atom is 0.397 e. The van der Waals surface area contributed by atoms with E-state index in [-0.39, 0.29) is 59.3 Å². The van der Waals surface area contributed by atoms with Crippen molar-refractivity contribution in [1.82, 2.24) is 15.0 Å². The van der Waals surface area contributed by atoms with E-state index < -0.39 is 68.7 Å². The van der Waals surface area contributed by atoms with Gasteiger partial charge in [-0.1, -0.05) is 6.07 Å². The van der Waals surface area contributed by atoms with Gasteiger partial charge < -0.3 is 16.0 Å². The molecule has 0 spiro atoms. The number of rotatable bonds is 18. The monoisotopic (exact) mass is 814 g/mol. The number of amides is 2. The van der Waals surface area contributed by atoms with Crippen LogP contribution in [0.25, 0.3) is 0 Å². The molecule has 0 unspecified atom stereocenters. The summed E-state index contributed by atoms with van der Waals surface area (Å²) in [6.07, 6.45) is -0.333. The number of sulfone groups is 1. The Kier molecular flexibility index (Phi) is 13.9. The maximum absolute atomic E-state index is 12.8. The number of urea groups is 1. The van der Waals surface area contributed by atoms with Gasteiger partial charge in [0.05, 0.1) is 42.9 Å². The van der Waals surface area contributed by atoms with Gasteiger partial charge in [-0.2, -0.15) is 35.2 Å². The number of carbonyl (C=O) groups is 1. The zero-order valence-electron chi connectivity index (χ0n) is 26.8. The van der Waals surface area contributed by atoms with Crippen molar-refractivity contribution in [3.05, 3.63) is 53.1 Å². The molecule has 2 amide bonds. The molecule has 0 aliphatic carbocycles. The maximum atomic E-state index is 12.8. The van der Waals surface area contributed by atoms with E-state index in [4.69, 9.17) is 21.9 Å². The van der Waals surface area contributed by atoms with E-state index >= 15 is 0 Å². The number of nitrogens with zero attached hydrogens (tertiary/aromatic N) is 6. The average molecular weight is 815 g/mol. The summed E-state index contributed by atoms with van der Waals surface area (Å²) in [5.41, 5.74) is 5.49. The minimum absolute atomic E-state index is 0.0118. The first-order valence-corrected chi connectivity index (χ1v) is 20.3. The van der Waals surface area contributed by atoms with E-state index in [0.717, 1.165) is 32.4 Å². The topological polar surface area (TPSA) is 306 Å². The highest BCUT2D eigenvalue weighted by Gasteiger charge is 2.24. The molecule has 3 aromatic rings. The van der Waals surface area contributed by atoms with Crippen molar-refractivity contribution >= 4 is 81.1 Å². The van der Waals surface area contributed by atoms with Crippen molar-refractivity contribution in [3.8, 4) is 0 Å². The number of anilines is 2. The van der Waals surface area contributed by atoms with Crippen LogP contribution in [-0.2, 0) is 59.4 Å². The van der Waals surface area contributed by atoms with Gasteiger partial charge in [-0.3, -0.25) is 12.9 Å². The van der Waals surface area contributed by atoms with Crippen molar-refractivity contribution < 1.29 is 55.6 Å². The third-order valence-corrected chi connectivity index (χ3v) is 11.4. The molecule has 0 bridgehead atoms. The van der Waals surface area contributed by atoms with Crippen LogP contribution in [0.1, 0.15) is 17.8 Å². The van der Waals surface area contributed by atoms with Crippen molar-refractivity contribution in [2.24, 2.45) is 16.0 Å². The van der Waals surface area contributed by atoms with Crippen LogP contribution in [-0.4, -0.2) is 105 Å². The van der Waals surface area contributed by atoms with E-state index in [1.165, 1.54) is 24.1 Å². The molecule has 0 aliphatic rings. The quantitative estimate of drug-likeness (QED) is 0.0713. The Balaban J connectivity index is 1.93. The van der Waals surface area contributed by atoms with Crippen molar-refractivity contribution in [2.45, 2.75) is 22.6 Å². The molecule has 51 heavy (non-hydrogen) atoms. The molecule has 0 fully saturated rings. The van der Waals surface area contributed by atoms with Crippen LogP contribution in [0.4, 0.5) is 27.8 Å². The lowest BCUT2D eigenvalue weighted by Crippen LogP contribution is -2.28. The van der Waals surface area contributed by atoms with Crippen LogP contribution in [0.15, 0.2) is 56.4 Å². The van der Waals surface area contributed by atoms with Gasteiger partial charge in [0.1, 0.15) is 22.1 Å². The summed E-state index contributed by atoms with van der Waals surface area (Å²) in [6.45, 7) is -0.678. The Morgan fingerprint density at radius 1 is 0.941 bits per heavy atom. The van der Waals surface area contributed by atoms with Gasteiger partial charge in [0.15, 0.2) is 9.84 Å². The van der Waals surface area contributed by atoms with Gasteiger partial charge in [0, 0.05) is 20.0 Å². The Labute approximate surface area is 298 Å². The Hall–Kier alpha value is -3.95. The fraction of sp³-hybridized carbons (Fsp3) is 0.360. The zero-order chi connectivity index (χ0) is 38.2. The first-order valence-electron chi connectivity index (χ1n) is 13.9. The second-order valence-corrected chi connectivity index (χ2v) is 17.1. The van der Waals surface area contributed by atoms with Crippen LogP contribution in [0, 0.1) is 0 Å². The van der Waals surface area contributed by atoms with Crippen LogP contribution >= 0.6 is 11.6 Å². The highest BCUT2D eigenvalue weighted by molar-refractivity contribution is 7.91. The summed E-state index contributed by atoms with van der Waals surface area (Å²) in [5.74, 6) is -0.778. The van der Waals surface area contributed by atoms with Gasteiger partial charge >= 0.3 is 16.4 Å². The average Bonchev–Trinajstić information content (AvgIpc) is 3.04. The second-order valence-electron chi connectivity index (χ2n) is 10.1. The van der Waals surface area contributed by atoms with Crippen LogP contribution in [0.3, 0.4) is 0 Å². The van der Waals surface area contributed by atoms with E-state index in [9.17, 15) is 38.5 Å². The third-order valence-electron chi connectivity index (χ3n) is 6.43. The highest BCUT2D eigenvalue weighted by Crippen LogP contribution is 2.33. The molecule has 1 aromatic heterocycles. The summed E-state index contributed by atoms with van der Waals surface area (Å²) >= 11 is 6.08. The number of azo groups is 1. The normalized spacial score (nSPS) is 12.6. The smallest absolute Gasteiger partial charge is 0.351 e. The summed E-state index contributed by atoms with van der Waals surface area (Å²) in [7, 11) is -13.9. The molecular formula is C25H31ClN8O13S4. The third kappa shape index (κ3) is 12.6. The molecule has 0 saturated carbocycles. The number of benzene rings is 2. The molecule has 1 heterocycles. The molecule has 4 N–H and O–H groups in total. The number of halogens is 1. The van der Waals surface area contributed by atoms with Gasteiger partial charge in [-0.05, 0) is 53.9 Å². The lowest BCUT2D eigenvalue weighted by Gasteiger charge is -2.17. The summed E-state index contributed by atoms with van der Waals surface area (Å²) in [6, 6.07) is 6.25. The van der Waals surface area contributed by atoms with E-state index in [2.05, 4.69) is 43.0 Å². The predicted octanol–water partition coefficient (Wildman–Crippen LogP) is 1.75. The highest BCUT2D eigenvalue weighted by atomic mass is 35.5. The molecule has 0 atom stereocenters. The van der Waals surface area contributed by atoms with Gasteiger partial charge in [0.25, 0.3) is 20.2 Å². The molecule has 2 aromatic carbocycles.